The zero-order chi connectivity index (χ0) is 15.4. The highest BCUT2D eigenvalue weighted by molar-refractivity contribution is 6.68. The van der Waals surface area contributed by atoms with Crippen LogP contribution in [0, 0.1) is 0 Å². The minimum Gasteiger partial charge on any atom is -0.369 e. The second kappa shape index (κ2) is 11.9. The van der Waals surface area contributed by atoms with Crippen molar-refractivity contribution < 1.29 is 9.90 Å². The molecular formula is C14H26Cl3NO2. The number of alkyl halides is 3. The highest BCUT2D eigenvalue weighted by atomic mass is 35.6. The van der Waals surface area contributed by atoms with E-state index in [2.05, 4.69) is 12.2 Å². The van der Waals surface area contributed by atoms with Gasteiger partial charge in [-0.1, -0.05) is 93.1 Å². The molecule has 0 saturated heterocycles. The van der Waals surface area contributed by atoms with Crippen LogP contribution in [0.15, 0.2) is 0 Å². The number of hydrogen-bond acceptors (Lipinski definition) is 2. The molecule has 0 aliphatic heterocycles. The third-order valence-electron chi connectivity index (χ3n) is 3.12. The van der Waals surface area contributed by atoms with E-state index in [-0.39, 0.29) is 5.91 Å². The van der Waals surface area contributed by atoms with Gasteiger partial charge in [-0.3, -0.25) is 4.79 Å². The van der Waals surface area contributed by atoms with E-state index < -0.39 is 10.0 Å². The average molecular weight is 347 g/mol. The standard InChI is InChI=1S/C14H26Cl3NO2/c1-2-3-4-5-6-7-8-9-10-11-12(19)18-13(20)14(15,16)17/h13,20H,2-11H2,1H3,(H,18,19)/t13-/m0/s1. The lowest BCUT2D eigenvalue weighted by Crippen LogP contribution is -2.43. The molecule has 20 heavy (non-hydrogen) atoms. The second-order valence-electron chi connectivity index (χ2n) is 5.09. The molecule has 0 radical (unpaired) electrons. The Labute approximate surface area is 137 Å². The van der Waals surface area contributed by atoms with Crippen LogP contribution in [0.4, 0.5) is 0 Å². The lowest BCUT2D eigenvalue weighted by atomic mass is 10.1. The van der Waals surface area contributed by atoms with Crippen molar-refractivity contribution in [1.29, 1.82) is 0 Å². The summed E-state index contributed by atoms with van der Waals surface area (Å²) < 4.78 is -1.88. The Morgan fingerprint density at radius 1 is 1.00 bits per heavy atom. The summed E-state index contributed by atoms with van der Waals surface area (Å²) in [6, 6.07) is 0. The van der Waals surface area contributed by atoms with Crippen LogP contribution in [0.5, 0.6) is 0 Å². The van der Waals surface area contributed by atoms with Crippen molar-refractivity contribution in [3.8, 4) is 0 Å². The van der Waals surface area contributed by atoms with Crippen LogP contribution in [0.2, 0.25) is 0 Å². The minimum atomic E-state index is -1.88. The van der Waals surface area contributed by atoms with E-state index in [0.717, 1.165) is 19.3 Å². The van der Waals surface area contributed by atoms with E-state index in [0.29, 0.717) is 6.42 Å². The van der Waals surface area contributed by atoms with E-state index in [9.17, 15) is 9.90 Å². The van der Waals surface area contributed by atoms with Gasteiger partial charge in [0.2, 0.25) is 9.70 Å². The summed E-state index contributed by atoms with van der Waals surface area (Å²) in [5.41, 5.74) is 0. The molecule has 6 heteroatoms. The Morgan fingerprint density at radius 3 is 1.90 bits per heavy atom. The quantitative estimate of drug-likeness (QED) is 0.323. The van der Waals surface area contributed by atoms with Crippen molar-refractivity contribution >= 4 is 40.7 Å². The van der Waals surface area contributed by atoms with Gasteiger partial charge in [0.05, 0.1) is 0 Å². The van der Waals surface area contributed by atoms with Crippen molar-refractivity contribution in [1.82, 2.24) is 5.32 Å². The van der Waals surface area contributed by atoms with Crippen LogP contribution in [0.3, 0.4) is 0 Å². The van der Waals surface area contributed by atoms with E-state index in [1.165, 1.54) is 38.5 Å². The molecule has 0 bridgehead atoms. The molecule has 1 atom stereocenters. The maximum atomic E-state index is 11.5. The molecule has 0 aliphatic rings. The summed E-state index contributed by atoms with van der Waals surface area (Å²) in [6.07, 6.45) is 9.59. The first-order chi connectivity index (χ1) is 9.38. The molecule has 3 nitrogen and oxygen atoms in total. The lowest BCUT2D eigenvalue weighted by Gasteiger charge is -2.19. The molecule has 0 saturated carbocycles. The fourth-order valence-electron chi connectivity index (χ4n) is 1.90. The molecule has 120 valence electrons. The van der Waals surface area contributed by atoms with E-state index in [4.69, 9.17) is 34.8 Å². The molecule has 0 aliphatic carbocycles. The number of hydrogen-bond donors (Lipinski definition) is 2. The van der Waals surface area contributed by atoms with E-state index >= 15 is 0 Å². The van der Waals surface area contributed by atoms with E-state index in [1.807, 2.05) is 0 Å². The number of carbonyl (C=O) groups is 1. The molecule has 0 rings (SSSR count). The molecule has 2 N–H and O–H groups in total. The van der Waals surface area contributed by atoms with Gasteiger partial charge in [0, 0.05) is 6.42 Å². The topological polar surface area (TPSA) is 49.3 Å². The fourth-order valence-corrected chi connectivity index (χ4v) is 2.07. The van der Waals surface area contributed by atoms with Crippen LogP contribution in [0.1, 0.15) is 71.1 Å². The maximum absolute atomic E-state index is 11.5. The van der Waals surface area contributed by atoms with Crippen LogP contribution in [-0.2, 0) is 4.79 Å². The summed E-state index contributed by atoms with van der Waals surface area (Å²) in [5.74, 6) is -0.285. The molecule has 0 spiro atoms. The number of nitrogens with one attached hydrogen (secondary N) is 1. The lowest BCUT2D eigenvalue weighted by molar-refractivity contribution is -0.124. The third kappa shape index (κ3) is 12.1. The number of amides is 1. The van der Waals surface area contributed by atoms with Gasteiger partial charge in [-0.25, -0.2) is 0 Å². The zero-order valence-corrected chi connectivity index (χ0v) is 14.4. The van der Waals surface area contributed by atoms with Gasteiger partial charge in [-0.05, 0) is 6.42 Å². The Hall–Kier alpha value is 0.300. The molecule has 0 unspecified atom stereocenters. The highest BCUT2D eigenvalue weighted by Gasteiger charge is 2.31. The summed E-state index contributed by atoms with van der Waals surface area (Å²) >= 11 is 16.3. The number of halogens is 3. The van der Waals surface area contributed by atoms with Crippen LogP contribution in [-0.4, -0.2) is 21.0 Å². The summed E-state index contributed by atoms with van der Waals surface area (Å²) in [5, 5.41) is 11.6. The molecule has 0 aromatic carbocycles. The first kappa shape index (κ1) is 20.3. The van der Waals surface area contributed by atoms with Gasteiger partial charge in [0.15, 0.2) is 6.23 Å². The van der Waals surface area contributed by atoms with Crippen LogP contribution < -0.4 is 5.32 Å². The molecule has 1 amide bonds. The van der Waals surface area contributed by atoms with Gasteiger partial charge >= 0.3 is 0 Å². The van der Waals surface area contributed by atoms with Gasteiger partial charge in [0.25, 0.3) is 0 Å². The molecule has 0 heterocycles. The second-order valence-corrected chi connectivity index (χ2v) is 7.46. The van der Waals surface area contributed by atoms with Crippen molar-refractivity contribution in [3.05, 3.63) is 0 Å². The van der Waals surface area contributed by atoms with Gasteiger partial charge in [0.1, 0.15) is 0 Å². The number of rotatable bonds is 11. The third-order valence-corrected chi connectivity index (χ3v) is 3.74. The van der Waals surface area contributed by atoms with Crippen molar-refractivity contribution in [2.45, 2.75) is 81.2 Å². The van der Waals surface area contributed by atoms with Gasteiger partial charge in [-0.15, -0.1) is 0 Å². The maximum Gasteiger partial charge on any atom is 0.234 e. The summed E-state index contributed by atoms with van der Waals surface area (Å²) in [4.78, 5) is 11.5. The normalized spacial score (nSPS) is 13.2. The first-order valence-electron chi connectivity index (χ1n) is 7.42. The summed E-state index contributed by atoms with van der Waals surface area (Å²) in [6.45, 7) is 2.21. The fraction of sp³-hybridized carbons (Fsp3) is 0.929. The Morgan fingerprint density at radius 2 is 1.45 bits per heavy atom. The Kier molecular flexibility index (Phi) is 12.1. The number of aliphatic hydroxyl groups is 1. The highest BCUT2D eigenvalue weighted by Crippen LogP contribution is 2.28. The predicted molar refractivity (Wildman–Crippen MR) is 86.3 cm³/mol. The minimum absolute atomic E-state index is 0.285. The van der Waals surface area contributed by atoms with Crippen LogP contribution in [0.25, 0.3) is 0 Å². The largest absolute Gasteiger partial charge is 0.369 e. The average Bonchev–Trinajstić information content (AvgIpc) is 2.35. The van der Waals surface area contributed by atoms with Gasteiger partial charge < -0.3 is 10.4 Å². The van der Waals surface area contributed by atoms with E-state index in [1.54, 1.807) is 0 Å². The smallest absolute Gasteiger partial charge is 0.234 e. The first-order valence-corrected chi connectivity index (χ1v) is 8.55. The SMILES string of the molecule is CCCCCCCCCCCC(=O)N[C@@H](O)C(Cl)(Cl)Cl. The Bertz CT molecular complexity index is 257. The van der Waals surface area contributed by atoms with Crippen molar-refractivity contribution in [2.75, 3.05) is 0 Å². The van der Waals surface area contributed by atoms with Crippen molar-refractivity contribution in [2.24, 2.45) is 0 Å². The monoisotopic (exact) mass is 345 g/mol. The van der Waals surface area contributed by atoms with Gasteiger partial charge in [-0.2, -0.15) is 0 Å². The summed E-state index contributed by atoms with van der Waals surface area (Å²) in [7, 11) is 0. The Balaban J connectivity index is 3.40. The molecule has 0 fully saturated rings. The molecule has 0 aromatic heterocycles. The molecule has 0 aromatic rings. The molecular weight excluding hydrogens is 321 g/mol. The van der Waals surface area contributed by atoms with Crippen LogP contribution >= 0.6 is 34.8 Å². The zero-order valence-electron chi connectivity index (χ0n) is 12.1. The number of unbranched alkanes of at least 4 members (excludes halogenated alkanes) is 8. The number of carbonyl (C=O) groups excluding carboxylic acids is 1. The van der Waals surface area contributed by atoms with Crippen molar-refractivity contribution in [3.63, 3.8) is 0 Å². The number of aliphatic hydroxyl groups excluding tert-OH is 1. The predicted octanol–water partition coefficient (Wildman–Crippen LogP) is 4.71.